The van der Waals surface area contributed by atoms with Gasteiger partial charge in [-0.25, -0.2) is 20.4 Å². The molecule has 2 aliphatic heterocycles. The minimum Gasteiger partial charge on any atom is -0.337 e. The molecular formula is C24H25N9. The molecular weight excluding hydrogens is 414 g/mol. The van der Waals surface area contributed by atoms with Gasteiger partial charge in [0.15, 0.2) is 11.5 Å². The normalized spacial score (nSPS) is 16.2. The second-order valence-electron chi connectivity index (χ2n) is 8.25. The van der Waals surface area contributed by atoms with E-state index in [0.29, 0.717) is 0 Å². The smallest absolute Gasteiger partial charge is 0.180 e. The van der Waals surface area contributed by atoms with E-state index in [9.17, 15) is 0 Å². The Bertz CT molecular complexity index is 1350. The van der Waals surface area contributed by atoms with Gasteiger partial charge in [0.2, 0.25) is 0 Å². The van der Waals surface area contributed by atoms with Gasteiger partial charge in [-0.2, -0.15) is 0 Å². The summed E-state index contributed by atoms with van der Waals surface area (Å²) in [5.74, 6) is 0.737. The standard InChI is InChI=1S/C24H25N9/c1-31-14-18(12-28-31)22-13-27-24-23(30-21(15-33(22)24)17-3-2-8-25-11-17)29-19-4-6-20(7-5-19)32-10-9-26-16-32/h3-7,9-10,13-16,25,28H,2,8,11-12H2,1H3,(H,29,30). The van der Waals surface area contributed by atoms with Crippen molar-refractivity contribution in [1.82, 2.24) is 39.7 Å². The first-order chi connectivity index (χ1) is 16.2. The lowest BCUT2D eigenvalue weighted by molar-refractivity contribution is 0.374. The number of hydrogen-bond acceptors (Lipinski definition) is 7. The summed E-state index contributed by atoms with van der Waals surface area (Å²) in [5, 5.41) is 8.93. The zero-order valence-corrected chi connectivity index (χ0v) is 18.4. The van der Waals surface area contributed by atoms with E-state index < -0.39 is 0 Å². The van der Waals surface area contributed by atoms with Crippen molar-refractivity contribution in [3.63, 3.8) is 0 Å². The number of nitrogens with zero attached hydrogens (tertiary/aromatic N) is 6. The topological polar surface area (TPSA) is 87.3 Å². The van der Waals surface area contributed by atoms with E-state index >= 15 is 0 Å². The summed E-state index contributed by atoms with van der Waals surface area (Å²) in [7, 11) is 2.00. The van der Waals surface area contributed by atoms with Crippen LogP contribution in [0.2, 0.25) is 0 Å². The van der Waals surface area contributed by atoms with Crippen molar-refractivity contribution in [2.24, 2.45) is 0 Å². The first-order valence-electron chi connectivity index (χ1n) is 11.1. The van der Waals surface area contributed by atoms with Crippen molar-refractivity contribution in [1.29, 1.82) is 0 Å². The molecule has 2 aliphatic rings. The van der Waals surface area contributed by atoms with Gasteiger partial charge in [0.05, 0.1) is 23.9 Å². The number of anilines is 2. The van der Waals surface area contributed by atoms with Gasteiger partial charge in [0.25, 0.3) is 0 Å². The fourth-order valence-corrected chi connectivity index (χ4v) is 4.26. The van der Waals surface area contributed by atoms with Crippen LogP contribution >= 0.6 is 0 Å². The predicted octanol–water partition coefficient (Wildman–Crippen LogP) is 2.83. The van der Waals surface area contributed by atoms with Crippen molar-refractivity contribution in [3.05, 3.63) is 79.0 Å². The third kappa shape index (κ3) is 3.77. The quantitative estimate of drug-likeness (QED) is 0.441. The van der Waals surface area contributed by atoms with E-state index in [4.69, 9.17) is 9.97 Å². The zero-order valence-electron chi connectivity index (χ0n) is 18.4. The van der Waals surface area contributed by atoms with Crippen molar-refractivity contribution in [2.45, 2.75) is 6.42 Å². The van der Waals surface area contributed by atoms with Crippen LogP contribution in [0.3, 0.4) is 0 Å². The summed E-state index contributed by atoms with van der Waals surface area (Å²) in [6.45, 7) is 2.58. The average Bonchev–Trinajstić information content (AvgIpc) is 3.61. The molecule has 0 saturated carbocycles. The Morgan fingerprint density at radius 3 is 2.73 bits per heavy atom. The molecule has 3 aromatic heterocycles. The Balaban J connectivity index is 1.41. The third-order valence-electron chi connectivity index (χ3n) is 5.98. The molecule has 33 heavy (non-hydrogen) atoms. The Labute approximate surface area is 191 Å². The van der Waals surface area contributed by atoms with Crippen LogP contribution in [-0.4, -0.2) is 55.6 Å². The highest BCUT2D eigenvalue weighted by atomic mass is 15.5. The SMILES string of the molecule is CN1C=C(c2cnc3c(Nc4ccc(-n5ccnc5)cc4)nc(C4=CCCNC4)cn23)CN1. The number of benzene rings is 1. The molecule has 0 unspecified atom stereocenters. The van der Waals surface area contributed by atoms with E-state index in [1.54, 1.807) is 12.5 Å². The Hall–Kier alpha value is -3.95. The number of aromatic nitrogens is 5. The average molecular weight is 440 g/mol. The van der Waals surface area contributed by atoms with Gasteiger partial charge in [-0.15, -0.1) is 0 Å². The number of imidazole rings is 2. The molecule has 1 aromatic carbocycles. The van der Waals surface area contributed by atoms with Crippen molar-refractivity contribution >= 4 is 28.3 Å². The van der Waals surface area contributed by atoms with E-state index in [1.807, 2.05) is 41.2 Å². The second-order valence-corrected chi connectivity index (χ2v) is 8.25. The molecule has 0 atom stereocenters. The van der Waals surface area contributed by atoms with E-state index in [2.05, 4.69) is 56.0 Å². The minimum absolute atomic E-state index is 0.737. The number of rotatable bonds is 5. The Morgan fingerprint density at radius 2 is 2.00 bits per heavy atom. The number of hydrazine groups is 1. The van der Waals surface area contributed by atoms with Crippen LogP contribution in [-0.2, 0) is 0 Å². The number of nitrogens with one attached hydrogen (secondary N) is 3. The molecule has 0 spiro atoms. The molecule has 0 amide bonds. The maximum atomic E-state index is 4.98. The lowest BCUT2D eigenvalue weighted by atomic mass is 10.1. The molecule has 9 nitrogen and oxygen atoms in total. The van der Waals surface area contributed by atoms with Gasteiger partial charge in [-0.1, -0.05) is 6.08 Å². The van der Waals surface area contributed by atoms with Crippen LogP contribution in [0.5, 0.6) is 0 Å². The maximum Gasteiger partial charge on any atom is 0.180 e. The second kappa shape index (κ2) is 8.19. The predicted molar refractivity (Wildman–Crippen MR) is 129 cm³/mol. The summed E-state index contributed by atoms with van der Waals surface area (Å²) < 4.78 is 4.12. The summed E-state index contributed by atoms with van der Waals surface area (Å²) in [4.78, 5) is 13.8. The highest BCUT2D eigenvalue weighted by Gasteiger charge is 2.19. The Kier molecular flexibility index (Phi) is 4.89. The van der Waals surface area contributed by atoms with Crippen LogP contribution < -0.4 is 16.1 Å². The van der Waals surface area contributed by atoms with Crippen LogP contribution in [0.1, 0.15) is 17.8 Å². The largest absolute Gasteiger partial charge is 0.337 e. The van der Waals surface area contributed by atoms with Crippen molar-refractivity contribution < 1.29 is 0 Å². The molecule has 3 N–H and O–H groups in total. The minimum atomic E-state index is 0.737. The number of hydrogen-bond donors (Lipinski definition) is 3. The molecule has 4 aromatic rings. The fourth-order valence-electron chi connectivity index (χ4n) is 4.26. The molecule has 0 fully saturated rings. The summed E-state index contributed by atoms with van der Waals surface area (Å²) >= 11 is 0. The van der Waals surface area contributed by atoms with Crippen LogP contribution in [0.25, 0.3) is 22.5 Å². The van der Waals surface area contributed by atoms with Gasteiger partial charge >= 0.3 is 0 Å². The molecule has 0 aliphatic carbocycles. The van der Waals surface area contributed by atoms with E-state index in [-0.39, 0.29) is 0 Å². The van der Waals surface area contributed by atoms with Crippen LogP contribution in [0.15, 0.2) is 67.7 Å². The van der Waals surface area contributed by atoms with Crippen molar-refractivity contribution in [3.8, 4) is 5.69 Å². The molecule has 0 bridgehead atoms. The summed E-state index contributed by atoms with van der Waals surface area (Å²) in [5.41, 5.74) is 10.5. The fraction of sp³-hybridized carbons (Fsp3) is 0.208. The molecule has 5 heterocycles. The lowest BCUT2D eigenvalue weighted by Gasteiger charge is -2.16. The van der Waals surface area contributed by atoms with Crippen LogP contribution in [0.4, 0.5) is 11.5 Å². The monoisotopic (exact) mass is 439 g/mol. The summed E-state index contributed by atoms with van der Waals surface area (Å²) in [6, 6.07) is 8.20. The molecule has 9 heteroatoms. The zero-order chi connectivity index (χ0) is 22.2. The highest BCUT2D eigenvalue weighted by Crippen LogP contribution is 2.28. The van der Waals surface area contributed by atoms with E-state index in [1.165, 1.54) is 11.1 Å². The van der Waals surface area contributed by atoms with E-state index in [0.717, 1.165) is 60.3 Å². The Morgan fingerprint density at radius 1 is 1.09 bits per heavy atom. The molecule has 0 radical (unpaired) electrons. The summed E-state index contributed by atoms with van der Waals surface area (Å²) in [6.07, 6.45) is 14.9. The molecule has 0 saturated heterocycles. The van der Waals surface area contributed by atoms with Gasteiger partial charge in [0.1, 0.15) is 0 Å². The molecule has 6 rings (SSSR count). The first-order valence-corrected chi connectivity index (χ1v) is 11.1. The van der Waals surface area contributed by atoms with Gasteiger partial charge in [-0.05, 0) is 42.8 Å². The first kappa shape index (κ1) is 19.7. The lowest BCUT2D eigenvalue weighted by Crippen LogP contribution is -2.23. The molecule has 166 valence electrons. The van der Waals surface area contributed by atoms with Crippen molar-refractivity contribution in [2.75, 3.05) is 32.0 Å². The van der Waals surface area contributed by atoms with Gasteiger partial charge in [0, 0.05) is 61.9 Å². The van der Waals surface area contributed by atoms with Crippen LogP contribution in [0, 0.1) is 0 Å². The third-order valence-corrected chi connectivity index (χ3v) is 5.98. The van der Waals surface area contributed by atoms with Gasteiger partial charge < -0.3 is 20.2 Å². The number of fused-ring (bicyclic) bond motifs is 1. The van der Waals surface area contributed by atoms with Gasteiger partial charge in [-0.3, -0.25) is 4.40 Å². The maximum absolute atomic E-state index is 4.98. The highest BCUT2D eigenvalue weighted by molar-refractivity contribution is 5.77.